The monoisotopic (exact) mass is 323 g/mol. The van der Waals surface area contributed by atoms with Crippen LogP contribution in [0.2, 0.25) is 0 Å². The second-order valence-corrected chi connectivity index (χ2v) is 4.97. The number of carboxylic acid groups (broad SMARTS) is 1. The fraction of sp³-hybridized carbons (Fsp3) is 0.154. The third kappa shape index (κ3) is 1.67. The molecule has 0 bridgehead atoms. The molecule has 0 aliphatic carbocycles. The van der Waals surface area contributed by atoms with Crippen molar-refractivity contribution in [1.82, 2.24) is 0 Å². The van der Waals surface area contributed by atoms with Crippen LogP contribution >= 0.6 is 15.9 Å². The topological polar surface area (TPSA) is 89.6 Å². The summed E-state index contributed by atoms with van der Waals surface area (Å²) in [5.41, 5.74) is 7.28. The van der Waals surface area contributed by atoms with Crippen molar-refractivity contribution in [3.05, 3.63) is 34.7 Å². The zero-order valence-electron chi connectivity index (χ0n) is 9.72. The summed E-state index contributed by atoms with van der Waals surface area (Å²) in [6, 6.07) is 3.49. The van der Waals surface area contributed by atoms with Gasteiger partial charge in [0.15, 0.2) is 0 Å². The summed E-state index contributed by atoms with van der Waals surface area (Å²) in [6.45, 7) is -0.00690. The lowest BCUT2D eigenvalue weighted by molar-refractivity contribution is -0.138. The van der Waals surface area contributed by atoms with Crippen molar-refractivity contribution >= 4 is 43.8 Å². The quantitative estimate of drug-likeness (QED) is 0.773. The standard InChI is InChI=1S/C13H10BrNO4/c14-10-7-2-4-18-11(7)9(8(5-15)13(16)17)6-1-3-19-12(6)10/h1-4,8H,5,15H2,(H,16,17). The fourth-order valence-electron chi connectivity index (χ4n) is 2.31. The van der Waals surface area contributed by atoms with E-state index in [-0.39, 0.29) is 6.54 Å². The number of fused-ring (bicyclic) bond motifs is 2. The summed E-state index contributed by atoms with van der Waals surface area (Å²) in [7, 11) is 0. The van der Waals surface area contributed by atoms with E-state index in [0.717, 1.165) is 9.86 Å². The molecule has 3 rings (SSSR count). The van der Waals surface area contributed by atoms with Crippen molar-refractivity contribution in [2.75, 3.05) is 6.54 Å². The van der Waals surface area contributed by atoms with Crippen LogP contribution in [0.3, 0.4) is 0 Å². The van der Waals surface area contributed by atoms with E-state index in [1.54, 1.807) is 12.1 Å². The molecule has 6 heteroatoms. The Labute approximate surface area is 116 Å². The second-order valence-electron chi connectivity index (χ2n) is 4.18. The number of hydrogen-bond acceptors (Lipinski definition) is 4. The maximum Gasteiger partial charge on any atom is 0.312 e. The van der Waals surface area contributed by atoms with Gasteiger partial charge in [0.2, 0.25) is 0 Å². The molecule has 0 spiro atoms. The Morgan fingerprint density at radius 1 is 1.26 bits per heavy atom. The lowest BCUT2D eigenvalue weighted by Gasteiger charge is -2.12. The predicted octanol–water partition coefficient (Wildman–Crippen LogP) is 3.07. The van der Waals surface area contributed by atoms with Crippen molar-refractivity contribution in [3.8, 4) is 0 Å². The molecule has 1 atom stereocenters. The first-order valence-corrected chi connectivity index (χ1v) is 6.43. The summed E-state index contributed by atoms with van der Waals surface area (Å²) in [5, 5.41) is 10.8. The summed E-state index contributed by atoms with van der Waals surface area (Å²) in [6.07, 6.45) is 3.04. The first-order valence-electron chi connectivity index (χ1n) is 5.63. The van der Waals surface area contributed by atoms with Crippen LogP contribution in [0, 0.1) is 0 Å². The third-order valence-electron chi connectivity index (χ3n) is 3.18. The van der Waals surface area contributed by atoms with Crippen LogP contribution in [0.15, 0.2) is 38.0 Å². The first kappa shape index (κ1) is 12.3. The van der Waals surface area contributed by atoms with E-state index >= 15 is 0 Å². The average Bonchev–Trinajstić information content (AvgIpc) is 3.02. The Kier molecular flexibility index (Phi) is 2.83. The van der Waals surface area contributed by atoms with Crippen LogP contribution in [-0.2, 0) is 4.79 Å². The molecule has 19 heavy (non-hydrogen) atoms. The summed E-state index contributed by atoms with van der Waals surface area (Å²) >= 11 is 3.45. The van der Waals surface area contributed by atoms with Gasteiger partial charge in [0.25, 0.3) is 0 Å². The van der Waals surface area contributed by atoms with E-state index in [4.69, 9.17) is 14.6 Å². The van der Waals surface area contributed by atoms with E-state index in [0.29, 0.717) is 22.1 Å². The largest absolute Gasteiger partial charge is 0.481 e. The molecule has 0 aliphatic heterocycles. The lowest BCUT2D eigenvalue weighted by atomic mass is 9.94. The molecular formula is C13H10BrNO4. The van der Waals surface area contributed by atoms with E-state index in [2.05, 4.69) is 15.9 Å². The summed E-state index contributed by atoms with van der Waals surface area (Å²) < 4.78 is 11.6. The predicted molar refractivity (Wildman–Crippen MR) is 73.1 cm³/mol. The van der Waals surface area contributed by atoms with Gasteiger partial charge in [-0.1, -0.05) is 0 Å². The Bertz CT molecular complexity index is 722. The van der Waals surface area contributed by atoms with Crippen LogP contribution in [0.5, 0.6) is 0 Å². The number of rotatable bonds is 3. The normalized spacial score (nSPS) is 13.2. The molecule has 0 aliphatic rings. The first-order chi connectivity index (χ1) is 9.15. The molecule has 1 aromatic carbocycles. The van der Waals surface area contributed by atoms with Crippen molar-refractivity contribution in [2.24, 2.45) is 5.73 Å². The molecule has 0 saturated heterocycles. The van der Waals surface area contributed by atoms with Gasteiger partial charge in [0, 0.05) is 22.9 Å². The van der Waals surface area contributed by atoms with Crippen LogP contribution in [-0.4, -0.2) is 17.6 Å². The molecule has 0 saturated carbocycles. The van der Waals surface area contributed by atoms with Gasteiger partial charge in [-0.15, -0.1) is 0 Å². The highest BCUT2D eigenvalue weighted by atomic mass is 79.9. The minimum Gasteiger partial charge on any atom is -0.481 e. The number of carbonyl (C=O) groups is 1. The van der Waals surface area contributed by atoms with Gasteiger partial charge >= 0.3 is 5.97 Å². The molecule has 3 aromatic rings. The summed E-state index contributed by atoms with van der Waals surface area (Å²) in [4.78, 5) is 11.4. The van der Waals surface area contributed by atoms with E-state index < -0.39 is 11.9 Å². The number of aliphatic carboxylic acids is 1. The van der Waals surface area contributed by atoms with Gasteiger partial charge in [0.05, 0.1) is 22.9 Å². The molecular weight excluding hydrogens is 314 g/mol. The van der Waals surface area contributed by atoms with E-state index in [1.165, 1.54) is 12.5 Å². The summed E-state index contributed by atoms with van der Waals surface area (Å²) in [5.74, 6) is -1.81. The number of furan rings is 2. The highest BCUT2D eigenvalue weighted by Gasteiger charge is 2.27. The molecule has 98 valence electrons. The van der Waals surface area contributed by atoms with Gasteiger partial charge < -0.3 is 19.7 Å². The van der Waals surface area contributed by atoms with Gasteiger partial charge in [0.1, 0.15) is 11.2 Å². The van der Waals surface area contributed by atoms with Gasteiger partial charge in [-0.25, -0.2) is 0 Å². The van der Waals surface area contributed by atoms with Crippen LogP contribution in [0.25, 0.3) is 21.9 Å². The van der Waals surface area contributed by atoms with Crippen molar-refractivity contribution in [2.45, 2.75) is 5.92 Å². The molecule has 3 N–H and O–H groups in total. The smallest absolute Gasteiger partial charge is 0.312 e. The Hall–Kier alpha value is -1.79. The zero-order valence-corrected chi connectivity index (χ0v) is 11.3. The van der Waals surface area contributed by atoms with Gasteiger partial charge in [-0.2, -0.15) is 0 Å². The van der Waals surface area contributed by atoms with Gasteiger partial charge in [-0.3, -0.25) is 4.79 Å². The molecule has 0 amide bonds. The maximum atomic E-state index is 11.4. The zero-order chi connectivity index (χ0) is 13.6. The van der Waals surface area contributed by atoms with Crippen LogP contribution in [0.4, 0.5) is 0 Å². The van der Waals surface area contributed by atoms with Crippen LogP contribution < -0.4 is 5.73 Å². The van der Waals surface area contributed by atoms with Crippen molar-refractivity contribution < 1.29 is 18.7 Å². The lowest BCUT2D eigenvalue weighted by Crippen LogP contribution is -2.21. The van der Waals surface area contributed by atoms with E-state index in [9.17, 15) is 9.90 Å². The van der Waals surface area contributed by atoms with Crippen LogP contribution in [0.1, 0.15) is 11.5 Å². The fourth-order valence-corrected chi connectivity index (χ4v) is 2.93. The molecule has 0 fully saturated rings. The number of nitrogens with two attached hydrogens (primary N) is 1. The molecule has 2 aromatic heterocycles. The van der Waals surface area contributed by atoms with E-state index in [1.807, 2.05) is 0 Å². The number of hydrogen-bond donors (Lipinski definition) is 2. The highest BCUT2D eigenvalue weighted by molar-refractivity contribution is 9.10. The van der Waals surface area contributed by atoms with Crippen molar-refractivity contribution in [3.63, 3.8) is 0 Å². The average molecular weight is 324 g/mol. The number of halogens is 1. The molecule has 1 unspecified atom stereocenters. The Morgan fingerprint density at radius 2 is 1.89 bits per heavy atom. The Morgan fingerprint density at radius 3 is 2.53 bits per heavy atom. The molecule has 5 nitrogen and oxygen atoms in total. The SMILES string of the molecule is NCC(C(=O)O)c1c2ccoc2c(Br)c2ccoc12. The van der Waals surface area contributed by atoms with Crippen molar-refractivity contribution in [1.29, 1.82) is 0 Å². The van der Waals surface area contributed by atoms with Gasteiger partial charge in [-0.05, 0) is 28.1 Å². The Balaban J connectivity index is 2.48. The minimum atomic E-state index is -0.981. The number of benzene rings is 1. The molecule has 0 radical (unpaired) electrons. The number of carboxylic acids is 1. The maximum absolute atomic E-state index is 11.4. The third-order valence-corrected chi connectivity index (χ3v) is 3.97. The highest BCUT2D eigenvalue weighted by Crippen LogP contribution is 2.40. The second kappa shape index (κ2) is 4.40. The minimum absolute atomic E-state index is 0.00690. The molecule has 2 heterocycles.